The number of fused-ring (bicyclic) bond motifs is 1. The van der Waals surface area contributed by atoms with Crippen LogP contribution in [-0.2, 0) is 4.79 Å². The van der Waals surface area contributed by atoms with Crippen molar-refractivity contribution in [1.82, 2.24) is 10.2 Å². The van der Waals surface area contributed by atoms with E-state index in [0.717, 1.165) is 13.0 Å². The zero-order valence-electron chi connectivity index (χ0n) is 9.49. The highest BCUT2D eigenvalue weighted by molar-refractivity contribution is 5.84. The van der Waals surface area contributed by atoms with Crippen LogP contribution >= 0.6 is 0 Å². The van der Waals surface area contributed by atoms with Gasteiger partial charge in [0.05, 0.1) is 0 Å². The Balaban J connectivity index is 1.93. The van der Waals surface area contributed by atoms with Crippen molar-refractivity contribution in [3.8, 4) is 0 Å². The molecule has 2 aliphatic heterocycles. The average molecular weight is 212 g/mol. The van der Waals surface area contributed by atoms with Crippen molar-refractivity contribution in [2.45, 2.75) is 50.8 Å². The summed E-state index contributed by atoms with van der Waals surface area (Å²) < 4.78 is 0. The van der Waals surface area contributed by atoms with E-state index in [1.165, 1.54) is 33.2 Å². The summed E-state index contributed by atoms with van der Waals surface area (Å²) in [6.07, 6.45) is 3.43. The van der Waals surface area contributed by atoms with Crippen LogP contribution in [0.1, 0.15) is 33.1 Å². The summed E-state index contributed by atoms with van der Waals surface area (Å²) in [5, 5.41) is 12.5. The molecule has 86 valence electrons. The Hall–Kier alpha value is -0.610. The molecule has 2 aliphatic rings. The van der Waals surface area contributed by atoms with Gasteiger partial charge in [-0.3, -0.25) is 9.69 Å². The molecule has 2 saturated heterocycles. The molecular weight excluding hydrogens is 192 g/mol. The Morgan fingerprint density at radius 2 is 2.13 bits per heavy atom. The number of nitrogens with zero attached hydrogens (tertiary/aromatic N) is 1. The molecule has 4 nitrogen and oxygen atoms in total. The van der Waals surface area contributed by atoms with E-state index in [1.807, 2.05) is 0 Å². The van der Waals surface area contributed by atoms with E-state index in [4.69, 9.17) is 0 Å². The molecule has 4 heteroatoms. The van der Waals surface area contributed by atoms with E-state index in [0.29, 0.717) is 6.04 Å². The minimum absolute atomic E-state index is 0.242. The minimum atomic E-state index is -1.26. The zero-order chi connectivity index (χ0) is 11.1. The van der Waals surface area contributed by atoms with Crippen LogP contribution in [-0.4, -0.2) is 46.7 Å². The lowest BCUT2D eigenvalue weighted by Gasteiger charge is -2.24. The molecule has 0 aromatic carbocycles. The highest BCUT2D eigenvalue weighted by atomic mass is 16.3. The lowest BCUT2D eigenvalue weighted by molar-refractivity contribution is -0.137. The molecule has 0 bridgehead atoms. The van der Waals surface area contributed by atoms with Gasteiger partial charge < -0.3 is 10.4 Å². The van der Waals surface area contributed by atoms with Gasteiger partial charge in [-0.05, 0) is 39.7 Å². The Morgan fingerprint density at radius 3 is 2.80 bits per heavy atom. The molecule has 2 rings (SSSR count). The summed E-state index contributed by atoms with van der Waals surface area (Å²) in [6.45, 7) is 5.31. The molecule has 0 aromatic rings. The van der Waals surface area contributed by atoms with E-state index < -0.39 is 5.60 Å². The van der Waals surface area contributed by atoms with E-state index in [1.54, 1.807) is 0 Å². The number of hydrogen-bond donors (Lipinski definition) is 2. The number of carbonyl (C=O) groups excluding carboxylic acids is 1. The molecule has 0 aromatic heterocycles. The van der Waals surface area contributed by atoms with Crippen molar-refractivity contribution in [3.63, 3.8) is 0 Å². The van der Waals surface area contributed by atoms with Gasteiger partial charge in [-0.1, -0.05) is 0 Å². The maximum Gasteiger partial charge on any atom is 0.251 e. The molecule has 2 unspecified atom stereocenters. The third-order valence-corrected chi connectivity index (χ3v) is 3.48. The summed E-state index contributed by atoms with van der Waals surface area (Å²) in [5.41, 5.74) is -1.26. The molecule has 15 heavy (non-hydrogen) atoms. The van der Waals surface area contributed by atoms with Crippen LogP contribution in [0, 0.1) is 0 Å². The summed E-state index contributed by atoms with van der Waals surface area (Å²) in [5.74, 6) is -0.249. The first-order valence-corrected chi connectivity index (χ1v) is 5.76. The van der Waals surface area contributed by atoms with Gasteiger partial charge in [-0.25, -0.2) is 0 Å². The highest BCUT2D eigenvalue weighted by Gasteiger charge is 2.39. The second kappa shape index (κ2) is 3.76. The van der Waals surface area contributed by atoms with Crippen LogP contribution in [0.15, 0.2) is 0 Å². The molecule has 0 saturated carbocycles. The molecule has 0 spiro atoms. The predicted octanol–water partition coefficient (Wildman–Crippen LogP) is 0.110. The Morgan fingerprint density at radius 1 is 1.40 bits per heavy atom. The zero-order valence-corrected chi connectivity index (χ0v) is 9.49. The quantitative estimate of drug-likeness (QED) is 0.683. The largest absolute Gasteiger partial charge is 0.381 e. The van der Waals surface area contributed by atoms with Gasteiger partial charge in [-0.15, -0.1) is 0 Å². The van der Waals surface area contributed by atoms with Crippen LogP contribution in [0.2, 0.25) is 0 Å². The van der Waals surface area contributed by atoms with Gasteiger partial charge in [-0.2, -0.15) is 0 Å². The molecule has 2 N–H and O–H groups in total. The topological polar surface area (TPSA) is 52.6 Å². The summed E-state index contributed by atoms with van der Waals surface area (Å²) in [6, 6.07) is 0.753. The minimum Gasteiger partial charge on any atom is -0.381 e. The van der Waals surface area contributed by atoms with Crippen molar-refractivity contribution < 1.29 is 9.90 Å². The van der Waals surface area contributed by atoms with Gasteiger partial charge in [0.25, 0.3) is 5.91 Å². The van der Waals surface area contributed by atoms with Crippen LogP contribution in [0.4, 0.5) is 0 Å². The second-order valence-electron chi connectivity index (χ2n) is 5.17. The van der Waals surface area contributed by atoms with E-state index >= 15 is 0 Å². The molecular formula is C11H20N2O2. The number of rotatable bonds is 2. The van der Waals surface area contributed by atoms with Crippen LogP contribution in [0.25, 0.3) is 0 Å². The lowest BCUT2D eigenvalue weighted by atomic mass is 10.0. The molecule has 1 amide bonds. The third kappa shape index (κ3) is 2.16. The molecule has 2 heterocycles. The molecule has 2 atom stereocenters. The van der Waals surface area contributed by atoms with Crippen LogP contribution in [0.5, 0.6) is 0 Å². The van der Waals surface area contributed by atoms with Crippen LogP contribution < -0.4 is 5.32 Å². The van der Waals surface area contributed by atoms with Gasteiger partial charge in [0.1, 0.15) is 5.60 Å². The third-order valence-electron chi connectivity index (χ3n) is 3.48. The average Bonchev–Trinajstić information content (AvgIpc) is 2.67. The Bertz CT molecular complexity index is 260. The monoisotopic (exact) mass is 212 g/mol. The van der Waals surface area contributed by atoms with Crippen LogP contribution in [0.3, 0.4) is 0 Å². The smallest absolute Gasteiger partial charge is 0.251 e. The predicted molar refractivity (Wildman–Crippen MR) is 57.4 cm³/mol. The Labute approximate surface area is 90.6 Å². The first-order chi connectivity index (χ1) is 6.98. The normalized spacial score (nSPS) is 31.7. The van der Waals surface area contributed by atoms with E-state index in [2.05, 4.69) is 10.2 Å². The van der Waals surface area contributed by atoms with Gasteiger partial charge in [0, 0.05) is 18.6 Å². The summed E-state index contributed by atoms with van der Waals surface area (Å²) in [7, 11) is 0. The van der Waals surface area contributed by atoms with Crippen molar-refractivity contribution in [3.05, 3.63) is 0 Å². The molecule has 0 aliphatic carbocycles. The van der Waals surface area contributed by atoms with Gasteiger partial charge in [0.15, 0.2) is 0 Å². The summed E-state index contributed by atoms with van der Waals surface area (Å²) in [4.78, 5) is 14.1. The van der Waals surface area contributed by atoms with E-state index in [-0.39, 0.29) is 11.9 Å². The lowest BCUT2D eigenvalue weighted by Crippen LogP contribution is -2.50. The first kappa shape index (κ1) is 10.9. The van der Waals surface area contributed by atoms with Crippen molar-refractivity contribution >= 4 is 5.91 Å². The fourth-order valence-electron chi connectivity index (χ4n) is 2.60. The van der Waals surface area contributed by atoms with Crippen molar-refractivity contribution in [2.24, 2.45) is 0 Å². The molecule has 2 fully saturated rings. The van der Waals surface area contributed by atoms with Gasteiger partial charge >= 0.3 is 0 Å². The number of nitrogens with one attached hydrogen (secondary N) is 1. The number of amides is 1. The number of aliphatic hydroxyl groups is 1. The van der Waals surface area contributed by atoms with Crippen molar-refractivity contribution in [1.29, 1.82) is 0 Å². The fourth-order valence-corrected chi connectivity index (χ4v) is 2.60. The van der Waals surface area contributed by atoms with E-state index in [9.17, 15) is 9.90 Å². The first-order valence-electron chi connectivity index (χ1n) is 5.76. The number of hydrogen-bond acceptors (Lipinski definition) is 3. The SMILES string of the molecule is CC(C)(O)C(=O)NC1CCN2CCCC12. The maximum absolute atomic E-state index is 11.6. The Kier molecular flexibility index (Phi) is 2.73. The maximum atomic E-state index is 11.6. The van der Waals surface area contributed by atoms with Crippen molar-refractivity contribution in [2.75, 3.05) is 13.1 Å². The number of carbonyl (C=O) groups is 1. The fraction of sp³-hybridized carbons (Fsp3) is 0.909. The highest BCUT2D eigenvalue weighted by Crippen LogP contribution is 2.28. The summed E-state index contributed by atoms with van der Waals surface area (Å²) >= 11 is 0. The second-order valence-corrected chi connectivity index (χ2v) is 5.17. The van der Waals surface area contributed by atoms with Gasteiger partial charge in [0.2, 0.25) is 0 Å². The molecule has 0 radical (unpaired) electrons. The standard InChI is InChI=1S/C11H20N2O2/c1-11(2,15)10(14)12-8-5-7-13-6-3-4-9(8)13/h8-9,15H,3-7H2,1-2H3,(H,12,14).